The van der Waals surface area contributed by atoms with Crippen molar-refractivity contribution in [2.75, 3.05) is 6.54 Å². The number of nitrogens with zero attached hydrogens (tertiary/aromatic N) is 2. The predicted molar refractivity (Wildman–Crippen MR) is 193 cm³/mol. The molecule has 55 heavy (non-hydrogen) atoms. The standard InChI is InChI=1S/C38H46F3N5O8S/c1-22(2)53-34(50)43-27-14-8-6-4-5-7-11-23-19-37(23,33(49)45-55(51,52)35(3)17-18-35)44-31(47)28-20-36(21-46(28)32(27)48)16-15-25-24-12-9-10-13-26(24)42-30(29(25)54-36)38(39,40)41/h7,9-13,22-23,27-28H,4-6,8,14-21H2,1-3H3,(H,43,50)(H,44,47)(H,45,49)/b11-7-/t23-,27+,28+,36-,37-/m1/s1. The Balaban J connectivity index is 1.26. The number of rotatable bonds is 5. The Bertz CT molecular complexity index is 2050. The highest BCUT2D eigenvalue weighted by atomic mass is 32.2. The number of hydrogen-bond donors (Lipinski definition) is 3. The maximum Gasteiger partial charge on any atom is 0.437 e. The highest BCUT2D eigenvalue weighted by molar-refractivity contribution is 7.91. The molecule has 17 heteroatoms. The molecule has 1 spiro atoms. The fraction of sp³-hybridized carbons (Fsp3) is 0.605. The van der Waals surface area contributed by atoms with E-state index in [0.717, 1.165) is 0 Å². The molecule has 1 aromatic heterocycles. The topological polar surface area (TPSA) is 173 Å². The minimum Gasteiger partial charge on any atom is -0.483 e. The Labute approximate surface area is 317 Å². The molecule has 0 radical (unpaired) electrons. The van der Waals surface area contributed by atoms with Gasteiger partial charge in [-0.2, -0.15) is 13.2 Å². The molecular formula is C38H46F3N5O8S. The molecule has 2 saturated carbocycles. The number of ether oxygens (including phenoxy) is 2. The molecule has 2 aliphatic carbocycles. The number of aryl methyl sites for hydroxylation is 1. The lowest BCUT2D eigenvalue weighted by molar-refractivity contribution is -0.144. The summed E-state index contributed by atoms with van der Waals surface area (Å²) in [6.07, 6.45) is 1.03. The van der Waals surface area contributed by atoms with Gasteiger partial charge in [-0.1, -0.05) is 43.2 Å². The molecule has 1 saturated heterocycles. The number of fused-ring (bicyclic) bond motifs is 5. The first-order valence-corrected chi connectivity index (χ1v) is 20.4. The molecule has 5 atom stereocenters. The number of pyridine rings is 1. The van der Waals surface area contributed by atoms with E-state index in [9.17, 15) is 40.8 Å². The molecule has 1 aromatic carbocycles. The van der Waals surface area contributed by atoms with Crippen LogP contribution in [-0.2, 0) is 41.7 Å². The van der Waals surface area contributed by atoms with E-state index in [1.165, 1.54) is 17.9 Å². The molecule has 3 N–H and O–H groups in total. The largest absolute Gasteiger partial charge is 0.483 e. The van der Waals surface area contributed by atoms with Crippen LogP contribution in [0, 0.1) is 5.92 Å². The number of hydrogen-bond acceptors (Lipinski definition) is 9. The molecular weight excluding hydrogens is 744 g/mol. The zero-order valence-corrected chi connectivity index (χ0v) is 31.8. The molecule has 298 valence electrons. The van der Waals surface area contributed by atoms with Crippen molar-refractivity contribution in [1.29, 1.82) is 0 Å². The number of para-hydroxylation sites is 1. The third-order valence-corrected chi connectivity index (χ3v) is 13.8. The summed E-state index contributed by atoms with van der Waals surface area (Å²) in [7, 11) is -4.08. The Hall–Kier alpha value is -4.41. The molecule has 4 heterocycles. The maximum atomic E-state index is 14.6. The van der Waals surface area contributed by atoms with Crippen molar-refractivity contribution in [1.82, 2.24) is 25.2 Å². The van der Waals surface area contributed by atoms with Gasteiger partial charge >= 0.3 is 12.3 Å². The summed E-state index contributed by atoms with van der Waals surface area (Å²) in [6, 6.07) is 3.93. The van der Waals surface area contributed by atoms with Crippen LogP contribution in [-0.4, -0.2) is 82.7 Å². The molecule has 4 amide bonds. The SMILES string of the molecule is CC(C)OC(=O)N[C@H]1CCCCC/C=C\[C@@H]2C[C@@]2(C(=O)NS(=O)(=O)C2(C)CC2)NC(=O)[C@@H]2C[C@]3(CCc4c(c(C(F)(F)F)nc5ccccc45)O3)CN2C1=O. The van der Waals surface area contributed by atoms with E-state index < -0.39 is 91.5 Å². The van der Waals surface area contributed by atoms with Crippen molar-refractivity contribution >= 4 is 44.7 Å². The number of alkyl carbamates (subject to hydrolysis) is 1. The van der Waals surface area contributed by atoms with Crippen molar-refractivity contribution in [2.45, 2.75) is 132 Å². The monoisotopic (exact) mass is 789 g/mol. The Morgan fingerprint density at radius 3 is 2.55 bits per heavy atom. The van der Waals surface area contributed by atoms with Crippen LogP contribution in [0.2, 0.25) is 0 Å². The van der Waals surface area contributed by atoms with Crippen molar-refractivity contribution in [3.8, 4) is 5.75 Å². The smallest absolute Gasteiger partial charge is 0.437 e. The number of aromatic nitrogens is 1. The fourth-order valence-corrected chi connectivity index (χ4v) is 9.38. The maximum absolute atomic E-state index is 14.6. The second kappa shape index (κ2) is 14.0. The van der Waals surface area contributed by atoms with E-state index >= 15 is 0 Å². The first-order valence-electron chi connectivity index (χ1n) is 18.9. The minimum absolute atomic E-state index is 0.0991. The molecule has 0 bridgehead atoms. The summed E-state index contributed by atoms with van der Waals surface area (Å²) in [5.41, 5.74) is -3.88. The van der Waals surface area contributed by atoms with E-state index in [1.807, 2.05) is 6.08 Å². The van der Waals surface area contributed by atoms with Gasteiger partial charge in [-0.15, -0.1) is 0 Å². The van der Waals surface area contributed by atoms with Gasteiger partial charge < -0.3 is 25.0 Å². The molecule has 5 aliphatic rings. The second-order valence-electron chi connectivity index (χ2n) is 16.1. The van der Waals surface area contributed by atoms with Crippen LogP contribution in [0.3, 0.4) is 0 Å². The molecule has 13 nitrogen and oxygen atoms in total. The van der Waals surface area contributed by atoms with Crippen molar-refractivity contribution in [3.05, 3.63) is 47.7 Å². The Kier molecular flexibility index (Phi) is 9.86. The van der Waals surface area contributed by atoms with E-state index in [0.29, 0.717) is 49.5 Å². The van der Waals surface area contributed by atoms with Crippen molar-refractivity contribution in [3.63, 3.8) is 0 Å². The number of allylic oxidation sites excluding steroid dienone is 1. The number of benzene rings is 1. The Morgan fingerprint density at radius 2 is 1.84 bits per heavy atom. The normalized spacial score (nSPS) is 29.8. The lowest BCUT2D eigenvalue weighted by atomic mass is 9.87. The number of sulfonamides is 1. The number of carbonyl (C=O) groups is 4. The first kappa shape index (κ1) is 38.8. The molecule has 3 aliphatic heterocycles. The minimum atomic E-state index is -4.89. The van der Waals surface area contributed by atoms with Gasteiger partial charge in [0.2, 0.25) is 21.8 Å². The first-order chi connectivity index (χ1) is 25.9. The van der Waals surface area contributed by atoms with Gasteiger partial charge in [0.1, 0.15) is 23.2 Å². The third kappa shape index (κ3) is 7.47. The van der Waals surface area contributed by atoms with Gasteiger partial charge in [-0.3, -0.25) is 19.1 Å². The zero-order valence-electron chi connectivity index (χ0n) is 31.0. The number of carbonyl (C=O) groups excluding carboxylic acids is 4. The van der Waals surface area contributed by atoms with Crippen LogP contribution >= 0.6 is 0 Å². The summed E-state index contributed by atoms with van der Waals surface area (Å²) in [5.74, 6) is -3.37. The average Bonchev–Trinajstić information content (AvgIpc) is 4.00. The van der Waals surface area contributed by atoms with Crippen LogP contribution in [0.5, 0.6) is 5.75 Å². The van der Waals surface area contributed by atoms with Gasteiger partial charge in [-0.25, -0.2) is 18.2 Å². The number of amides is 4. The lowest BCUT2D eigenvalue weighted by Crippen LogP contribution is -2.58. The van der Waals surface area contributed by atoms with E-state index in [1.54, 1.807) is 38.1 Å². The summed E-state index contributed by atoms with van der Waals surface area (Å²) >= 11 is 0. The van der Waals surface area contributed by atoms with E-state index in [2.05, 4.69) is 20.3 Å². The second-order valence-corrected chi connectivity index (χ2v) is 18.3. The highest BCUT2D eigenvalue weighted by Gasteiger charge is 2.64. The van der Waals surface area contributed by atoms with E-state index in [4.69, 9.17) is 9.47 Å². The van der Waals surface area contributed by atoms with Crippen LogP contribution in [0.4, 0.5) is 18.0 Å². The predicted octanol–water partition coefficient (Wildman–Crippen LogP) is 4.82. The van der Waals surface area contributed by atoms with Gasteiger partial charge in [0.15, 0.2) is 11.4 Å². The summed E-state index contributed by atoms with van der Waals surface area (Å²) < 4.78 is 82.7. The average molecular weight is 790 g/mol. The van der Waals surface area contributed by atoms with Gasteiger partial charge in [0.25, 0.3) is 5.91 Å². The number of nitrogens with one attached hydrogen (secondary N) is 3. The summed E-state index contributed by atoms with van der Waals surface area (Å²) in [5, 5.41) is 5.91. The molecule has 7 rings (SSSR count). The van der Waals surface area contributed by atoms with Crippen LogP contribution in [0.25, 0.3) is 10.9 Å². The fourth-order valence-electron chi connectivity index (χ4n) is 8.06. The molecule has 0 unspecified atom stereocenters. The molecule has 3 fully saturated rings. The lowest BCUT2D eigenvalue weighted by Gasteiger charge is -2.37. The number of alkyl halides is 3. The number of halogens is 3. The Morgan fingerprint density at radius 1 is 1.09 bits per heavy atom. The van der Waals surface area contributed by atoms with Gasteiger partial charge in [0, 0.05) is 23.3 Å². The quantitative estimate of drug-likeness (QED) is 0.360. The summed E-state index contributed by atoms with van der Waals surface area (Å²) in [6.45, 7) is 4.52. The highest BCUT2D eigenvalue weighted by Crippen LogP contribution is 2.50. The van der Waals surface area contributed by atoms with Crippen molar-refractivity contribution in [2.24, 2.45) is 5.92 Å². The zero-order chi connectivity index (χ0) is 39.6. The molecule has 2 aromatic rings. The van der Waals surface area contributed by atoms with E-state index in [-0.39, 0.29) is 44.2 Å². The van der Waals surface area contributed by atoms with Crippen LogP contribution < -0.4 is 20.1 Å². The summed E-state index contributed by atoms with van der Waals surface area (Å²) in [4.78, 5) is 60.9. The third-order valence-electron chi connectivity index (χ3n) is 11.6. The van der Waals surface area contributed by atoms with Crippen molar-refractivity contribution < 1.29 is 50.2 Å². The van der Waals surface area contributed by atoms with Crippen LogP contribution in [0.1, 0.15) is 96.2 Å². The van der Waals surface area contributed by atoms with Gasteiger partial charge in [0.05, 0.1) is 22.9 Å². The van der Waals surface area contributed by atoms with Gasteiger partial charge in [-0.05, 0) is 78.2 Å². The van der Waals surface area contributed by atoms with Crippen LogP contribution in [0.15, 0.2) is 36.4 Å².